The largest absolute Gasteiger partial charge is 0.328 e. The number of carbonyl (C=O) groups is 2. The van der Waals surface area contributed by atoms with E-state index in [1.807, 2.05) is 9.80 Å². The lowest BCUT2D eigenvalue weighted by atomic mass is 9.89. The van der Waals surface area contributed by atoms with E-state index in [1.54, 1.807) is 0 Å². The van der Waals surface area contributed by atoms with Crippen LogP contribution in [-0.2, 0) is 9.59 Å². The fraction of sp³-hybridized carbons (Fsp3) is 0.667. The minimum absolute atomic E-state index is 0.154. The second-order valence-electron chi connectivity index (χ2n) is 9.02. The van der Waals surface area contributed by atoms with Gasteiger partial charge in [-0.2, -0.15) is 0 Å². The summed E-state index contributed by atoms with van der Waals surface area (Å²) < 4.78 is 0. The summed E-state index contributed by atoms with van der Waals surface area (Å²) in [5, 5.41) is 0. The van der Waals surface area contributed by atoms with Gasteiger partial charge in [0, 0.05) is 12.1 Å². The fourth-order valence-electron chi connectivity index (χ4n) is 5.43. The topological polar surface area (TPSA) is 40.6 Å². The van der Waals surface area contributed by atoms with Crippen molar-refractivity contribution in [2.75, 3.05) is 6.54 Å². The normalized spacial score (nSPS) is 25.8. The smallest absolute Gasteiger partial charge is 0.250 e. The first kappa shape index (κ1) is 19.5. The maximum atomic E-state index is 13.8. The van der Waals surface area contributed by atoms with Crippen LogP contribution >= 0.6 is 0 Å². The molecule has 1 aromatic rings. The Hall–Kier alpha value is -1.84. The van der Waals surface area contributed by atoms with Crippen LogP contribution in [0.15, 0.2) is 24.3 Å². The van der Waals surface area contributed by atoms with Crippen LogP contribution in [0, 0.1) is 6.92 Å². The third-order valence-corrected chi connectivity index (χ3v) is 7.02. The molecule has 1 heterocycles. The molecule has 1 atom stereocenters. The van der Waals surface area contributed by atoms with Crippen LogP contribution in [-0.4, -0.2) is 40.2 Å². The van der Waals surface area contributed by atoms with Gasteiger partial charge in [-0.05, 0) is 38.2 Å². The first-order valence-corrected chi connectivity index (χ1v) is 11.3. The summed E-state index contributed by atoms with van der Waals surface area (Å²) in [5.41, 5.74) is 2.16. The Morgan fingerprint density at radius 1 is 0.750 bits per heavy atom. The molecule has 28 heavy (non-hydrogen) atoms. The molecule has 0 unspecified atom stereocenters. The van der Waals surface area contributed by atoms with Crippen molar-refractivity contribution in [3.05, 3.63) is 35.4 Å². The summed E-state index contributed by atoms with van der Waals surface area (Å²) >= 11 is 0. The highest BCUT2D eigenvalue weighted by molar-refractivity contribution is 5.96. The van der Waals surface area contributed by atoms with Crippen LogP contribution in [0.2, 0.25) is 0 Å². The Morgan fingerprint density at radius 3 is 1.89 bits per heavy atom. The maximum absolute atomic E-state index is 13.8. The van der Waals surface area contributed by atoms with Gasteiger partial charge in [0.25, 0.3) is 5.91 Å². The lowest BCUT2D eigenvalue weighted by Gasteiger charge is -2.47. The Balaban J connectivity index is 1.66. The zero-order chi connectivity index (χ0) is 19.5. The fourth-order valence-corrected chi connectivity index (χ4v) is 5.43. The lowest BCUT2D eigenvalue weighted by Crippen LogP contribution is -2.60. The number of nitrogens with zero attached hydrogens (tertiary/aromatic N) is 2. The van der Waals surface area contributed by atoms with Gasteiger partial charge in [0.2, 0.25) is 5.91 Å². The highest BCUT2D eigenvalue weighted by Gasteiger charge is 2.45. The molecule has 1 aliphatic heterocycles. The van der Waals surface area contributed by atoms with Crippen LogP contribution in [0.1, 0.15) is 87.8 Å². The average molecular weight is 383 g/mol. The predicted octanol–water partition coefficient (Wildman–Crippen LogP) is 4.76. The first-order valence-electron chi connectivity index (χ1n) is 11.3. The van der Waals surface area contributed by atoms with Gasteiger partial charge in [0.1, 0.15) is 12.6 Å². The van der Waals surface area contributed by atoms with E-state index in [9.17, 15) is 9.59 Å². The molecule has 1 aromatic carbocycles. The van der Waals surface area contributed by atoms with E-state index >= 15 is 0 Å². The molecule has 2 saturated carbocycles. The van der Waals surface area contributed by atoms with E-state index in [0.29, 0.717) is 0 Å². The van der Waals surface area contributed by atoms with Crippen LogP contribution in [0.4, 0.5) is 0 Å². The molecule has 4 nitrogen and oxygen atoms in total. The van der Waals surface area contributed by atoms with Crippen molar-refractivity contribution in [3.63, 3.8) is 0 Å². The minimum atomic E-state index is -0.437. The number of rotatable bonds is 3. The van der Waals surface area contributed by atoms with Crippen LogP contribution in [0.3, 0.4) is 0 Å². The molecule has 4 rings (SSSR count). The molecule has 2 amide bonds. The number of piperazine rings is 1. The van der Waals surface area contributed by atoms with Gasteiger partial charge in [-0.3, -0.25) is 9.59 Å². The Bertz CT molecular complexity index is 685. The number of hydrogen-bond donors (Lipinski definition) is 0. The third-order valence-electron chi connectivity index (χ3n) is 7.02. The second kappa shape index (κ2) is 8.67. The molecular weight excluding hydrogens is 348 g/mol. The van der Waals surface area contributed by atoms with Crippen molar-refractivity contribution >= 4 is 11.8 Å². The molecule has 0 bridgehead atoms. The van der Waals surface area contributed by atoms with Crippen LogP contribution in [0.25, 0.3) is 0 Å². The SMILES string of the molecule is Cc1ccc([C@H]2C(=O)N(C3CCCCCC3)CC(=O)N2C2CCCCC2)cc1. The zero-order valence-electron chi connectivity index (χ0n) is 17.2. The molecule has 4 heteroatoms. The predicted molar refractivity (Wildman–Crippen MR) is 111 cm³/mol. The summed E-state index contributed by atoms with van der Waals surface area (Å²) in [6.45, 7) is 2.34. The number of aryl methyl sites for hydroxylation is 1. The molecule has 0 spiro atoms. The van der Waals surface area contributed by atoms with Crippen LogP contribution in [0.5, 0.6) is 0 Å². The molecule has 0 aromatic heterocycles. The molecule has 2 aliphatic carbocycles. The van der Waals surface area contributed by atoms with E-state index in [1.165, 1.54) is 37.7 Å². The van der Waals surface area contributed by atoms with Gasteiger partial charge in [-0.15, -0.1) is 0 Å². The highest BCUT2D eigenvalue weighted by Crippen LogP contribution is 2.36. The van der Waals surface area contributed by atoms with Gasteiger partial charge < -0.3 is 9.80 Å². The van der Waals surface area contributed by atoms with Crippen molar-refractivity contribution in [1.29, 1.82) is 0 Å². The van der Waals surface area contributed by atoms with Crippen molar-refractivity contribution in [2.24, 2.45) is 0 Å². The van der Waals surface area contributed by atoms with Crippen LogP contribution < -0.4 is 0 Å². The quantitative estimate of drug-likeness (QED) is 0.707. The molecular formula is C24H34N2O2. The standard InChI is InChI=1S/C24H34N2O2/c1-18-13-15-19(16-14-18)23-24(28)25(20-9-5-2-3-6-10-20)17-22(27)26(23)21-11-7-4-8-12-21/h13-16,20-21,23H,2-12,17H2,1H3/t23-/m0/s1. The van der Waals surface area contributed by atoms with Crippen molar-refractivity contribution in [1.82, 2.24) is 9.80 Å². The summed E-state index contributed by atoms with van der Waals surface area (Å²) in [5.74, 6) is 0.308. The van der Waals surface area contributed by atoms with Gasteiger partial charge >= 0.3 is 0 Å². The van der Waals surface area contributed by atoms with E-state index in [0.717, 1.165) is 44.1 Å². The molecule has 3 aliphatic rings. The summed E-state index contributed by atoms with van der Waals surface area (Å²) in [4.78, 5) is 31.0. The molecule has 3 fully saturated rings. The average Bonchev–Trinajstić information content (AvgIpc) is 3.00. The Labute approximate surface area is 169 Å². The summed E-state index contributed by atoms with van der Waals surface area (Å²) in [6.07, 6.45) is 12.6. The molecule has 152 valence electrons. The van der Waals surface area contributed by atoms with E-state index in [2.05, 4.69) is 31.2 Å². The van der Waals surface area contributed by atoms with Crippen molar-refractivity contribution in [2.45, 2.75) is 95.7 Å². The minimum Gasteiger partial charge on any atom is -0.328 e. The highest BCUT2D eigenvalue weighted by atomic mass is 16.2. The number of benzene rings is 1. The van der Waals surface area contributed by atoms with E-state index < -0.39 is 6.04 Å². The van der Waals surface area contributed by atoms with Gasteiger partial charge in [-0.1, -0.05) is 74.8 Å². The Morgan fingerprint density at radius 2 is 1.29 bits per heavy atom. The number of amides is 2. The Kier molecular flexibility index (Phi) is 6.03. The van der Waals surface area contributed by atoms with Gasteiger partial charge in [0.05, 0.1) is 0 Å². The summed E-state index contributed by atoms with van der Waals surface area (Å²) in [6, 6.07) is 8.25. The molecule has 1 saturated heterocycles. The molecule has 0 N–H and O–H groups in total. The van der Waals surface area contributed by atoms with Crippen molar-refractivity contribution < 1.29 is 9.59 Å². The second-order valence-corrected chi connectivity index (χ2v) is 9.02. The lowest BCUT2D eigenvalue weighted by molar-refractivity contribution is -0.162. The molecule has 0 radical (unpaired) electrons. The van der Waals surface area contributed by atoms with E-state index in [4.69, 9.17) is 0 Å². The van der Waals surface area contributed by atoms with Gasteiger partial charge in [-0.25, -0.2) is 0 Å². The first-order chi connectivity index (χ1) is 13.6. The number of hydrogen-bond acceptors (Lipinski definition) is 2. The maximum Gasteiger partial charge on any atom is 0.250 e. The van der Waals surface area contributed by atoms with E-state index in [-0.39, 0.29) is 30.4 Å². The summed E-state index contributed by atoms with van der Waals surface area (Å²) in [7, 11) is 0. The zero-order valence-corrected chi connectivity index (χ0v) is 17.2. The van der Waals surface area contributed by atoms with Gasteiger partial charge in [0.15, 0.2) is 0 Å². The third kappa shape index (κ3) is 3.97. The number of carbonyl (C=O) groups excluding carboxylic acids is 2. The van der Waals surface area contributed by atoms with Crippen molar-refractivity contribution in [3.8, 4) is 0 Å². The monoisotopic (exact) mass is 382 g/mol.